The molecule has 0 bridgehead atoms. The van der Waals surface area contributed by atoms with Crippen LogP contribution in [0.4, 0.5) is 18.0 Å². The molecule has 5 rings (SSSR count). The van der Waals surface area contributed by atoms with Crippen molar-refractivity contribution in [1.82, 2.24) is 24.6 Å². The van der Waals surface area contributed by atoms with Crippen LogP contribution in [0.3, 0.4) is 0 Å². The fraction of sp³-hybridized carbons (Fsp3) is 0.294. The topological polar surface area (TPSA) is 86.3 Å². The predicted octanol–water partition coefficient (Wildman–Crippen LogP) is 8.31. The van der Waals surface area contributed by atoms with E-state index in [0.29, 0.717) is 28.8 Å². The number of nitrogens with one attached hydrogen (secondary N) is 1. The van der Waals surface area contributed by atoms with Gasteiger partial charge in [-0.15, -0.1) is 29.6 Å². The molecule has 2 heterocycles. The summed E-state index contributed by atoms with van der Waals surface area (Å²) in [7, 11) is 0. The second-order valence-electron chi connectivity index (χ2n) is 11.3. The molecule has 2 amide bonds. The lowest BCUT2D eigenvalue weighted by Crippen LogP contribution is -2.25. The van der Waals surface area contributed by atoms with E-state index in [0.717, 1.165) is 35.3 Å². The van der Waals surface area contributed by atoms with Crippen molar-refractivity contribution in [2.24, 2.45) is 4.99 Å². The fourth-order valence-electron chi connectivity index (χ4n) is 5.12. The van der Waals surface area contributed by atoms with Crippen LogP contribution in [0.2, 0.25) is 0 Å². The number of para-hydroxylation sites is 1. The smallest absolute Gasteiger partial charge is 0.406 e. The quantitative estimate of drug-likeness (QED) is 0.154. The second-order valence-corrected chi connectivity index (χ2v) is 12.1. The van der Waals surface area contributed by atoms with Gasteiger partial charge in [-0.2, -0.15) is 4.99 Å². The van der Waals surface area contributed by atoms with Crippen LogP contribution in [-0.4, -0.2) is 38.3 Å². The molecule has 3 aromatic carbocycles. The summed E-state index contributed by atoms with van der Waals surface area (Å²) in [5.41, 5.74) is 5.79. The van der Waals surface area contributed by atoms with Crippen molar-refractivity contribution in [3.8, 4) is 28.5 Å². The van der Waals surface area contributed by atoms with Crippen molar-refractivity contribution in [2.75, 3.05) is 6.54 Å². The average molecular weight is 649 g/mol. The van der Waals surface area contributed by atoms with Crippen molar-refractivity contribution < 1.29 is 22.7 Å². The van der Waals surface area contributed by atoms with Gasteiger partial charge in [-0.1, -0.05) is 63.2 Å². The number of amides is 2. The van der Waals surface area contributed by atoms with E-state index < -0.39 is 6.36 Å². The molecule has 0 aliphatic rings. The molecule has 5 aromatic rings. The maximum atomic E-state index is 12.7. The zero-order valence-electron chi connectivity index (χ0n) is 26.0. The molecular formula is C34H35F3N6O2S. The van der Waals surface area contributed by atoms with Crippen LogP contribution in [0, 0.1) is 6.92 Å². The monoisotopic (exact) mass is 648 g/mol. The number of carbonyl (C=O) groups excluding carboxylic acids is 1. The number of hydrogen-bond donors (Lipinski definition) is 1. The van der Waals surface area contributed by atoms with Crippen molar-refractivity contribution in [2.45, 2.75) is 58.7 Å². The SMILES string of the molecule is Cc1cs/c(=N\C(=O)NCCCC(C)c2ccc(-c3ncn(-c4ccc(OC(F)(F)F)cc4)n3)cc2)n1-c1ccccc1C(C)C. The van der Waals surface area contributed by atoms with E-state index in [2.05, 4.69) is 58.0 Å². The first-order valence-electron chi connectivity index (χ1n) is 15.0. The Morgan fingerprint density at radius 3 is 2.43 bits per heavy atom. The number of hydrogen-bond acceptors (Lipinski definition) is 5. The highest BCUT2D eigenvalue weighted by Gasteiger charge is 2.31. The maximum Gasteiger partial charge on any atom is 0.573 e. The van der Waals surface area contributed by atoms with Crippen LogP contribution in [-0.2, 0) is 0 Å². The highest BCUT2D eigenvalue weighted by atomic mass is 32.1. The van der Waals surface area contributed by atoms with Crippen molar-refractivity contribution in [3.63, 3.8) is 0 Å². The first-order valence-corrected chi connectivity index (χ1v) is 15.8. The van der Waals surface area contributed by atoms with E-state index in [9.17, 15) is 18.0 Å². The lowest BCUT2D eigenvalue weighted by atomic mass is 9.95. The summed E-state index contributed by atoms with van der Waals surface area (Å²) in [6.45, 7) is 8.98. The van der Waals surface area contributed by atoms with Crippen LogP contribution in [0.5, 0.6) is 5.75 Å². The lowest BCUT2D eigenvalue weighted by molar-refractivity contribution is -0.274. The van der Waals surface area contributed by atoms with Gasteiger partial charge in [0, 0.05) is 23.2 Å². The normalized spacial score (nSPS) is 12.8. The Labute approximate surface area is 269 Å². The van der Waals surface area contributed by atoms with E-state index >= 15 is 0 Å². The summed E-state index contributed by atoms with van der Waals surface area (Å²) in [6, 6.07) is 21.2. The molecule has 46 heavy (non-hydrogen) atoms. The van der Waals surface area contributed by atoms with Gasteiger partial charge in [0.2, 0.25) is 0 Å². The van der Waals surface area contributed by atoms with Gasteiger partial charge >= 0.3 is 12.4 Å². The van der Waals surface area contributed by atoms with Gasteiger partial charge in [0.25, 0.3) is 0 Å². The van der Waals surface area contributed by atoms with Crippen LogP contribution in [0.25, 0.3) is 22.8 Å². The Kier molecular flexibility index (Phi) is 10.1. The van der Waals surface area contributed by atoms with E-state index in [4.69, 9.17) is 0 Å². The number of rotatable bonds is 10. The molecule has 240 valence electrons. The third kappa shape index (κ3) is 8.11. The van der Waals surface area contributed by atoms with Crippen molar-refractivity contribution in [3.05, 3.63) is 106 Å². The number of carbonyl (C=O) groups is 1. The standard InChI is InChI=1S/C34H35F3N6O2S/c1-22(2)29-9-5-6-10-30(29)43-24(4)20-46-33(43)40-32(44)38-19-7-8-23(3)25-11-13-26(14-12-25)31-39-21-42(41-31)27-15-17-28(18-16-27)45-34(35,36)37/h5-6,9-18,20-23H,7-8,19H2,1-4H3,(H,38,44)/b40-33-. The zero-order valence-corrected chi connectivity index (χ0v) is 26.8. The van der Waals surface area contributed by atoms with Crippen molar-refractivity contribution >= 4 is 17.4 Å². The molecule has 1 unspecified atom stereocenters. The third-order valence-electron chi connectivity index (χ3n) is 7.53. The highest BCUT2D eigenvalue weighted by Crippen LogP contribution is 2.26. The van der Waals surface area contributed by atoms with Gasteiger partial charge in [-0.3, -0.25) is 4.57 Å². The minimum absolute atomic E-state index is 0.264. The molecule has 0 aliphatic heterocycles. The molecule has 0 fully saturated rings. The van der Waals surface area contributed by atoms with Crippen LogP contribution >= 0.6 is 11.3 Å². The van der Waals surface area contributed by atoms with E-state index in [-0.39, 0.29) is 17.7 Å². The zero-order chi connectivity index (χ0) is 32.8. The van der Waals surface area contributed by atoms with Crippen molar-refractivity contribution in [1.29, 1.82) is 0 Å². The van der Waals surface area contributed by atoms with Gasteiger partial charge in [-0.05, 0) is 73.1 Å². The first-order chi connectivity index (χ1) is 22.0. The molecule has 1 atom stereocenters. The Hall–Kier alpha value is -4.71. The Morgan fingerprint density at radius 2 is 1.74 bits per heavy atom. The predicted molar refractivity (Wildman–Crippen MR) is 173 cm³/mol. The average Bonchev–Trinajstić information content (AvgIpc) is 3.66. The van der Waals surface area contributed by atoms with Gasteiger partial charge < -0.3 is 10.1 Å². The summed E-state index contributed by atoms with van der Waals surface area (Å²) in [5, 5.41) is 9.41. The molecule has 2 aromatic heterocycles. The van der Waals surface area contributed by atoms with E-state index in [1.165, 1.54) is 52.2 Å². The Balaban J connectivity index is 1.14. The summed E-state index contributed by atoms with van der Waals surface area (Å²) >= 11 is 1.45. The number of halogens is 3. The molecule has 0 spiro atoms. The number of nitrogens with zero attached hydrogens (tertiary/aromatic N) is 5. The Bertz CT molecular complexity index is 1840. The van der Waals surface area contributed by atoms with Gasteiger partial charge in [0.05, 0.1) is 11.4 Å². The van der Waals surface area contributed by atoms with Gasteiger partial charge in [0.15, 0.2) is 10.6 Å². The number of alkyl halides is 3. The summed E-state index contributed by atoms with van der Waals surface area (Å²) in [4.78, 5) is 22.1. The Morgan fingerprint density at radius 1 is 1.02 bits per heavy atom. The number of aromatic nitrogens is 4. The number of thiazole rings is 1. The van der Waals surface area contributed by atoms with Gasteiger partial charge in [0.1, 0.15) is 12.1 Å². The molecule has 12 heteroatoms. The molecule has 0 aliphatic carbocycles. The number of urea groups is 1. The maximum absolute atomic E-state index is 12.7. The second kappa shape index (κ2) is 14.2. The minimum Gasteiger partial charge on any atom is -0.406 e. The van der Waals surface area contributed by atoms with E-state index in [1.54, 1.807) is 0 Å². The summed E-state index contributed by atoms with van der Waals surface area (Å²) in [5.74, 6) is 0.795. The first kappa shape index (κ1) is 32.7. The molecule has 1 N–H and O–H groups in total. The largest absolute Gasteiger partial charge is 0.573 e. The molecule has 0 saturated heterocycles. The summed E-state index contributed by atoms with van der Waals surface area (Å²) < 4.78 is 44.7. The van der Waals surface area contributed by atoms with Crippen LogP contribution in [0.1, 0.15) is 62.3 Å². The van der Waals surface area contributed by atoms with Crippen LogP contribution in [0.15, 0.2) is 89.5 Å². The molecule has 0 radical (unpaired) electrons. The van der Waals surface area contributed by atoms with Crippen LogP contribution < -0.4 is 14.9 Å². The highest BCUT2D eigenvalue weighted by molar-refractivity contribution is 7.07. The lowest BCUT2D eigenvalue weighted by Gasteiger charge is -2.15. The fourth-order valence-corrected chi connectivity index (χ4v) is 5.99. The van der Waals surface area contributed by atoms with E-state index in [1.807, 2.05) is 53.3 Å². The minimum atomic E-state index is -4.74. The number of ether oxygens (including phenoxy) is 1. The van der Waals surface area contributed by atoms with Gasteiger partial charge in [-0.25, -0.2) is 14.5 Å². The molecule has 8 nitrogen and oxygen atoms in total. The third-order valence-corrected chi connectivity index (χ3v) is 8.47. The number of benzene rings is 3. The number of aryl methyl sites for hydroxylation is 1. The molecule has 0 saturated carbocycles. The molecular weight excluding hydrogens is 613 g/mol. The summed E-state index contributed by atoms with van der Waals surface area (Å²) in [6.07, 6.45) is -1.56.